The number of amides is 1. The predicted octanol–water partition coefficient (Wildman–Crippen LogP) is -6.79. The Hall–Kier alpha value is -2.85. The Kier molecular flexibility index (Phi) is 8.17. The highest BCUT2D eigenvalue weighted by atomic mass is 16.3. The van der Waals surface area contributed by atoms with Gasteiger partial charge in [-0.3, -0.25) is 9.69 Å². The number of aliphatic hydroxyl groups is 1. The Labute approximate surface area is 244 Å². The monoisotopic (exact) mass is 532 g/mol. The Morgan fingerprint density at radius 2 is 1.85 bits per heavy atom. The van der Waals surface area contributed by atoms with Crippen molar-refractivity contribution in [2.24, 2.45) is 0 Å². The first-order valence-electron chi connectivity index (χ1n) is 14.0. The first-order chi connectivity index (χ1) is 18.6. The van der Waals surface area contributed by atoms with Gasteiger partial charge in [-0.05, 0) is 42.8 Å². The van der Waals surface area contributed by atoms with Gasteiger partial charge in [0, 0.05) is 24.7 Å². The van der Waals surface area contributed by atoms with Gasteiger partial charge in [0.25, 0.3) is 5.91 Å². The van der Waals surface area contributed by atoms with Crippen LogP contribution >= 0.6 is 0 Å². The minimum absolute atomic E-state index is 0.124. The molecule has 10 nitrogen and oxygen atoms in total. The number of pyridine rings is 2. The van der Waals surface area contributed by atoms with Crippen molar-refractivity contribution < 1.29 is 9.90 Å². The number of hydrogen-bond acceptors (Lipinski definition) is 8. The van der Waals surface area contributed by atoms with E-state index in [1.54, 1.807) is 19.1 Å². The molecule has 0 bridgehead atoms. The van der Waals surface area contributed by atoms with E-state index in [0.29, 0.717) is 48.4 Å². The molecule has 0 spiro atoms. The van der Waals surface area contributed by atoms with E-state index in [9.17, 15) is 9.90 Å². The number of hydrogen-bond donors (Lipinski definition) is 2. The maximum Gasteiger partial charge on any atom is 0.260 e. The van der Waals surface area contributed by atoms with Gasteiger partial charge in [-0.15, -0.1) is 15.3 Å². The van der Waals surface area contributed by atoms with Crippen molar-refractivity contribution in [3.05, 3.63) is 47.4 Å². The Bertz CT molecular complexity index is 1410. The van der Waals surface area contributed by atoms with Gasteiger partial charge in [-0.25, -0.2) is 9.97 Å². The number of carbonyl (C=O) groups excluding carboxylic acids is 1. The van der Waals surface area contributed by atoms with Gasteiger partial charge in [0.1, 0.15) is 62.9 Å². The summed E-state index contributed by atoms with van der Waals surface area (Å²) in [6, 6.07) is 6.86. The number of rotatable bonds is 10. The van der Waals surface area contributed by atoms with Crippen molar-refractivity contribution in [1.82, 2.24) is 30.0 Å². The lowest BCUT2D eigenvalue weighted by molar-refractivity contribution is 0.0996. The molecule has 200 valence electrons. The zero-order valence-electron chi connectivity index (χ0n) is 25.6. The normalized spacial score (nSPS) is 14.8. The van der Waals surface area contributed by atoms with Crippen LogP contribution in [0.15, 0.2) is 30.6 Å². The fraction of sp³-hybridized carbons (Fsp3) is 0.409. The molecule has 1 unspecified atom stereocenters. The molecule has 4 rings (SSSR count). The summed E-state index contributed by atoms with van der Waals surface area (Å²) in [6.07, 6.45) is 1.68. The largest absolute Gasteiger partial charge is 0.401 e. The number of aryl methyl sites for hydroxylation is 1. The predicted molar refractivity (Wildman–Crippen MR) is 181 cm³/mol. The Morgan fingerprint density at radius 3 is 2.45 bits per heavy atom. The third-order valence-electron chi connectivity index (χ3n) is 8.75. The van der Waals surface area contributed by atoms with Crippen molar-refractivity contribution in [3.63, 3.8) is 0 Å². The number of anilines is 2. The van der Waals surface area contributed by atoms with Gasteiger partial charge in [-0.1, -0.05) is 6.07 Å². The summed E-state index contributed by atoms with van der Waals surface area (Å²) in [5.41, 5.74) is 2.96. The Morgan fingerprint density at radius 1 is 1.15 bits per heavy atom. The number of nitrogens with one attached hydrogen (secondary N) is 1. The van der Waals surface area contributed by atoms with E-state index < -0.39 is 16.7 Å². The molecule has 0 saturated heterocycles. The highest BCUT2D eigenvalue weighted by Crippen LogP contribution is 2.39. The summed E-state index contributed by atoms with van der Waals surface area (Å²) in [6.45, 7) is 3.61. The van der Waals surface area contributed by atoms with Crippen LogP contribution in [0.4, 0.5) is 11.6 Å². The van der Waals surface area contributed by atoms with Crippen molar-refractivity contribution >= 4 is 80.3 Å². The lowest BCUT2D eigenvalue weighted by Gasteiger charge is -2.58. The number of nitrogens with zero attached hydrogens (tertiary/aromatic N) is 7. The van der Waals surface area contributed by atoms with E-state index in [4.69, 9.17) is 9.97 Å². The van der Waals surface area contributed by atoms with Gasteiger partial charge < -0.3 is 19.9 Å². The molecule has 1 aliphatic heterocycles. The molecular formula is C22H36B8N8O2. The first-order valence-corrected chi connectivity index (χ1v) is 14.0. The number of aromatic nitrogens is 5. The quantitative estimate of drug-likeness (QED) is 0.249. The molecular weight excluding hydrogens is 495 g/mol. The fourth-order valence-corrected chi connectivity index (χ4v) is 5.17. The van der Waals surface area contributed by atoms with Crippen LogP contribution in [0.3, 0.4) is 0 Å². The highest BCUT2D eigenvalue weighted by Gasteiger charge is 2.47. The SMILES string of the molecule is BC(O)C(B)(B)N(c1cc2c(c(CNC)n1)CN(c1cccc(-c3nncn3CC)n1)C2=O)C(B)(B)C(B)(B)B. The standard InChI is InChI=1S/C22H36B8N8O2/c1-3-36-10-32-35-17(36)13-5-4-6-15(33-13)37-9-12-11(18(37)39)7-16(34-14(12)8-31-2)38(20(24,25)19(23)40)22(29,30)21(26,27)28/h4-7,10,19,31,40H,3,8-9,23-30H2,1-2H3. The lowest BCUT2D eigenvalue weighted by atomic mass is 9.25. The minimum atomic E-state index is -0.665. The van der Waals surface area contributed by atoms with Crippen LogP contribution in [0.5, 0.6) is 0 Å². The van der Waals surface area contributed by atoms with Gasteiger partial charge >= 0.3 is 0 Å². The summed E-state index contributed by atoms with van der Waals surface area (Å²) >= 11 is 0. The molecule has 4 heterocycles. The second kappa shape index (κ2) is 10.9. The zero-order valence-corrected chi connectivity index (χ0v) is 25.6. The van der Waals surface area contributed by atoms with E-state index in [1.807, 2.05) is 58.5 Å². The molecule has 0 fully saturated rings. The van der Waals surface area contributed by atoms with Crippen LogP contribution in [0.1, 0.15) is 28.5 Å². The molecule has 0 saturated carbocycles. The van der Waals surface area contributed by atoms with Crippen LogP contribution in [-0.2, 0) is 19.6 Å². The lowest BCUT2D eigenvalue weighted by Crippen LogP contribution is -2.72. The summed E-state index contributed by atoms with van der Waals surface area (Å²) < 4.78 is 1.92. The summed E-state index contributed by atoms with van der Waals surface area (Å²) in [4.78, 5) is 27.9. The van der Waals surface area contributed by atoms with E-state index in [1.165, 1.54) is 0 Å². The second-order valence-corrected chi connectivity index (χ2v) is 12.7. The molecule has 40 heavy (non-hydrogen) atoms. The average Bonchev–Trinajstić information content (AvgIpc) is 3.48. The topological polar surface area (TPSA) is 112 Å². The number of aliphatic hydroxyl groups excluding tert-OH is 1. The number of fused-ring (bicyclic) bond motifs is 1. The molecule has 3 aromatic rings. The highest BCUT2D eigenvalue weighted by molar-refractivity contribution is 6.68. The first kappa shape index (κ1) is 30.1. The van der Waals surface area contributed by atoms with Crippen LogP contribution in [0, 0.1) is 0 Å². The molecule has 0 radical (unpaired) electrons. The van der Waals surface area contributed by atoms with E-state index in [0.717, 1.165) is 11.3 Å². The smallest absolute Gasteiger partial charge is 0.260 e. The number of carbonyl (C=O) groups is 1. The molecule has 1 aliphatic rings. The third kappa shape index (κ3) is 5.16. The van der Waals surface area contributed by atoms with Gasteiger partial charge in [0.15, 0.2) is 5.82 Å². The maximum atomic E-state index is 14.0. The van der Waals surface area contributed by atoms with Crippen LogP contribution in [0.25, 0.3) is 11.5 Å². The maximum absolute atomic E-state index is 14.0. The van der Waals surface area contributed by atoms with Crippen molar-refractivity contribution in [3.8, 4) is 11.5 Å². The molecule has 3 aromatic heterocycles. The average molecular weight is 531 g/mol. The minimum Gasteiger partial charge on any atom is -0.401 e. The Balaban J connectivity index is 1.84. The molecule has 0 aromatic carbocycles. The van der Waals surface area contributed by atoms with E-state index >= 15 is 0 Å². The second-order valence-electron chi connectivity index (χ2n) is 12.7. The van der Waals surface area contributed by atoms with E-state index in [-0.39, 0.29) is 11.0 Å². The van der Waals surface area contributed by atoms with Gasteiger partial charge in [0.2, 0.25) is 0 Å². The van der Waals surface area contributed by atoms with Crippen LogP contribution in [-0.4, -0.2) is 122 Å². The van der Waals surface area contributed by atoms with Crippen molar-refractivity contribution in [2.75, 3.05) is 16.8 Å². The van der Waals surface area contributed by atoms with Crippen molar-refractivity contribution in [1.29, 1.82) is 0 Å². The van der Waals surface area contributed by atoms with Crippen molar-refractivity contribution in [2.45, 2.75) is 48.3 Å². The third-order valence-corrected chi connectivity index (χ3v) is 8.75. The molecule has 2 N–H and O–H groups in total. The molecule has 18 heteroatoms. The molecule has 1 atom stereocenters. The summed E-state index contributed by atoms with van der Waals surface area (Å²) in [7, 11) is 18.6. The summed E-state index contributed by atoms with van der Waals surface area (Å²) in [5.74, 6) is 1.76. The van der Waals surface area contributed by atoms with Gasteiger partial charge in [0.05, 0.1) is 41.3 Å². The molecule has 0 aliphatic carbocycles. The summed E-state index contributed by atoms with van der Waals surface area (Å²) in [5, 5.41) is 21.2. The van der Waals surface area contributed by atoms with Crippen LogP contribution in [0.2, 0.25) is 5.11 Å². The van der Waals surface area contributed by atoms with Crippen LogP contribution < -0.4 is 15.1 Å². The van der Waals surface area contributed by atoms with E-state index in [2.05, 4.69) is 59.6 Å². The fourth-order valence-electron chi connectivity index (χ4n) is 5.17. The van der Waals surface area contributed by atoms with Gasteiger partial charge in [-0.2, -0.15) is 0 Å². The zero-order chi connectivity index (χ0) is 29.6. The molecule has 1 amide bonds.